The third kappa shape index (κ3) is 3.43. The van der Waals surface area contributed by atoms with Crippen molar-refractivity contribution in [1.82, 2.24) is 9.97 Å². The van der Waals surface area contributed by atoms with Crippen LogP contribution in [0.15, 0.2) is 30.6 Å². The van der Waals surface area contributed by atoms with Crippen LogP contribution >= 0.6 is 11.6 Å². The van der Waals surface area contributed by atoms with E-state index in [0.717, 1.165) is 5.56 Å². The summed E-state index contributed by atoms with van der Waals surface area (Å²) < 4.78 is 9.92. The van der Waals surface area contributed by atoms with Gasteiger partial charge < -0.3 is 15.2 Å². The van der Waals surface area contributed by atoms with Crippen LogP contribution in [0.25, 0.3) is 11.3 Å². The first-order valence-corrected chi connectivity index (χ1v) is 6.05. The minimum atomic E-state index is -0.926. The molecule has 0 aliphatic heterocycles. The third-order valence-electron chi connectivity index (χ3n) is 2.45. The Morgan fingerprint density at radius 2 is 2.15 bits per heavy atom. The molecule has 0 fully saturated rings. The molecule has 0 aliphatic rings. The Kier molecular flexibility index (Phi) is 4.49. The smallest absolute Gasteiger partial charge is 0.409 e. The Hall–Kier alpha value is -2.18. The van der Waals surface area contributed by atoms with Crippen molar-refractivity contribution in [3.63, 3.8) is 0 Å². The minimum Gasteiger partial charge on any atom is -0.410 e. The topological polar surface area (TPSA) is 87.3 Å². The molecule has 6 nitrogen and oxygen atoms in total. The number of amides is 1. The van der Waals surface area contributed by atoms with Crippen LogP contribution < -0.4 is 10.5 Å². The molecular formula is C13H12ClN3O3. The zero-order valence-corrected chi connectivity index (χ0v) is 11.4. The molecule has 2 aromatic rings. The average Bonchev–Trinajstić information content (AvgIpc) is 2.40. The Balaban J connectivity index is 2.38. The van der Waals surface area contributed by atoms with E-state index in [-0.39, 0.29) is 10.9 Å². The summed E-state index contributed by atoms with van der Waals surface area (Å²) in [5.74, 6) is 0.212. The summed E-state index contributed by atoms with van der Waals surface area (Å²) in [6.45, 7) is 0.469. The summed E-state index contributed by atoms with van der Waals surface area (Å²) >= 11 is 5.77. The van der Waals surface area contributed by atoms with Crippen LogP contribution in [0.2, 0.25) is 5.15 Å². The highest BCUT2D eigenvalue weighted by Gasteiger charge is 2.12. The quantitative estimate of drug-likeness (QED) is 0.875. The van der Waals surface area contributed by atoms with Crippen molar-refractivity contribution < 1.29 is 14.3 Å². The van der Waals surface area contributed by atoms with Crippen LogP contribution in [0.4, 0.5) is 4.79 Å². The molecule has 20 heavy (non-hydrogen) atoms. The summed E-state index contributed by atoms with van der Waals surface area (Å²) in [5.41, 5.74) is 7.06. The normalized spacial score (nSPS) is 10.3. The van der Waals surface area contributed by atoms with Crippen molar-refractivity contribution in [1.29, 1.82) is 0 Å². The van der Waals surface area contributed by atoms with Crippen molar-refractivity contribution in [3.8, 4) is 17.0 Å². The van der Waals surface area contributed by atoms with Crippen LogP contribution in [-0.4, -0.2) is 23.2 Å². The number of carbonyl (C=O) groups is 1. The molecule has 2 aromatic heterocycles. The second-order valence-electron chi connectivity index (χ2n) is 3.91. The van der Waals surface area contributed by atoms with E-state index in [1.165, 1.54) is 12.3 Å². The fourth-order valence-corrected chi connectivity index (χ4v) is 1.78. The van der Waals surface area contributed by atoms with Crippen LogP contribution in [0.1, 0.15) is 5.56 Å². The highest BCUT2D eigenvalue weighted by atomic mass is 35.5. The number of rotatable bonds is 4. The molecule has 0 unspecified atom stereocenters. The number of hydrogen-bond donors (Lipinski definition) is 1. The summed E-state index contributed by atoms with van der Waals surface area (Å²) in [5, 5.41) is 0.195. The van der Waals surface area contributed by atoms with Gasteiger partial charge in [0.15, 0.2) is 0 Å². The Morgan fingerprint density at radius 3 is 2.75 bits per heavy atom. The summed E-state index contributed by atoms with van der Waals surface area (Å²) in [6, 6.07) is 5.04. The molecule has 0 bridgehead atoms. The fourth-order valence-electron chi connectivity index (χ4n) is 1.63. The number of carbonyl (C=O) groups excluding carboxylic acids is 1. The molecule has 1 amide bonds. The molecule has 0 saturated carbocycles. The number of halogens is 1. The van der Waals surface area contributed by atoms with E-state index in [2.05, 4.69) is 9.97 Å². The zero-order valence-electron chi connectivity index (χ0n) is 10.7. The molecule has 0 spiro atoms. The Morgan fingerprint density at radius 1 is 1.35 bits per heavy atom. The molecule has 0 atom stereocenters. The summed E-state index contributed by atoms with van der Waals surface area (Å²) in [7, 11) is 1.61. The summed E-state index contributed by atoms with van der Waals surface area (Å²) in [6.07, 6.45) is 2.21. The molecule has 0 radical (unpaired) electrons. The van der Waals surface area contributed by atoms with Gasteiger partial charge in [-0.15, -0.1) is 0 Å². The van der Waals surface area contributed by atoms with Crippen molar-refractivity contribution in [2.75, 3.05) is 7.11 Å². The molecule has 0 aliphatic carbocycles. The number of nitrogens with two attached hydrogens (primary N) is 1. The van der Waals surface area contributed by atoms with Crippen molar-refractivity contribution in [2.45, 2.75) is 6.61 Å². The Bertz CT molecular complexity index is 617. The maximum absolute atomic E-state index is 10.9. The van der Waals surface area contributed by atoms with Gasteiger partial charge in [-0.25, -0.2) is 9.78 Å². The van der Waals surface area contributed by atoms with E-state index < -0.39 is 6.09 Å². The van der Waals surface area contributed by atoms with Crippen LogP contribution in [0, 0.1) is 0 Å². The van der Waals surface area contributed by atoms with Gasteiger partial charge >= 0.3 is 6.09 Å². The number of ether oxygens (including phenoxy) is 2. The standard InChI is InChI=1S/C13H12ClN3O3/c1-19-7-8-2-3-10(16-5-8)9-6-17-12(14)4-11(9)20-13(15)18/h2-6H,7H2,1H3,(H2,15,18). The van der Waals surface area contributed by atoms with E-state index in [4.69, 9.17) is 26.8 Å². The molecule has 0 saturated heterocycles. The molecule has 2 rings (SSSR count). The van der Waals surface area contributed by atoms with E-state index in [0.29, 0.717) is 17.9 Å². The lowest BCUT2D eigenvalue weighted by Gasteiger charge is -2.08. The van der Waals surface area contributed by atoms with Gasteiger partial charge in [-0.1, -0.05) is 17.7 Å². The SMILES string of the molecule is COCc1ccc(-c2cnc(Cl)cc2OC(N)=O)nc1. The second kappa shape index (κ2) is 6.31. The highest BCUT2D eigenvalue weighted by Crippen LogP contribution is 2.30. The van der Waals surface area contributed by atoms with Crippen LogP contribution in [0.3, 0.4) is 0 Å². The first-order chi connectivity index (χ1) is 9.60. The number of methoxy groups -OCH3 is 1. The van der Waals surface area contributed by atoms with Crippen LogP contribution in [-0.2, 0) is 11.3 Å². The monoisotopic (exact) mass is 293 g/mol. The maximum Gasteiger partial charge on any atom is 0.409 e. The molecule has 2 N–H and O–H groups in total. The fraction of sp³-hybridized carbons (Fsp3) is 0.154. The third-order valence-corrected chi connectivity index (χ3v) is 2.66. The van der Waals surface area contributed by atoms with Crippen molar-refractivity contribution in [2.24, 2.45) is 5.73 Å². The highest BCUT2D eigenvalue weighted by molar-refractivity contribution is 6.29. The van der Waals surface area contributed by atoms with Crippen molar-refractivity contribution >= 4 is 17.7 Å². The zero-order chi connectivity index (χ0) is 14.5. The maximum atomic E-state index is 10.9. The molecule has 0 aromatic carbocycles. The van der Waals surface area contributed by atoms with Gasteiger partial charge in [0.25, 0.3) is 0 Å². The average molecular weight is 294 g/mol. The number of aromatic nitrogens is 2. The number of nitrogens with zero attached hydrogens (tertiary/aromatic N) is 2. The van der Waals surface area contributed by atoms with Gasteiger partial charge in [-0.3, -0.25) is 4.98 Å². The predicted molar refractivity (Wildman–Crippen MR) is 73.4 cm³/mol. The largest absolute Gasteiger partial charge is 0.410 e. The van der Waals surface area contributed by atoms with Gasteiger partial charge in [0.05, 0.1) is 17.9 Å². The van der Waals surface area contributed by atoms with Gasteiger partial charge in [0, 0.05) is 25.6 Å². The van der Waals surface area contributed by atoms with Gasteiger partial charge in [-0.2, -0.15) is 0 Å². The lowest BCUT2D eigenvalue weighted by atomic mass is 10.1. The molecular weight excluding hydrogens is 282 g/mol. The van der Waals surface area contributed by atoms with Crippen LogP contribution in [0.5, 0.6) is 5.75 Å². The second-order valence-corrected chi connectivity index (χ2v) is 4.30. The van der Waals surface area contributed by atoms with Gasteiger partial charge in [0.1, 0.15) is 10.9 Å². The number of primary amides is 1. The van der Waals surface area contributed by atoms with E-state index >= 15 is 0 Å². The molecule has 7 heteroatoms. The van der Waals surface area contributed by atoms with Gasteiger partial charge in [0.2, 0.25) is 0 Å². The van der Waals surface area contributed by atoms with E-state index in [1.54, 1.807) is 19.4 Å². The first-order valence-electron chi connectivity index (χ1n) is 5.67. The lowest BCUT2D eigenvalue weighted by Crippen LogP contribution is -2.16. The van der Waals surface area contributed by atoms with E-state index in [9.17, 15) is 4.79 Å². The predicted octanol–water partition coefficient (Wildman–Crippen LogP) is 2.40. The first kappa shape index (κ1) is 14.2. The molecule has 104 valence electrons. The van der Waals surface area contributed by atoms with E-state index in [1.807, 2.05) is 6.07 Å². The van der Waals surface area contributed by atoms with Gasteiger partial charge in [-0.05, 0) is 11.6 Å². The minimum absolute atomic E-state index is 0.195. The lowest BCUT2D eigenvalue weighted by molar-refractivity contribution is 0.184. The number of pyridine rings is 2. The number of hydrogen-bond acceptors (Lipinski definition) is 5. The summed E-state index contributed by atoms with van der Waals surface area (Å²) in [4.78, 5) is 19.1. The molecule has 2 heterocycles. The Labute approximate surface area is 120 Å². The van der Waals surface area contributed by atoms with Crippen molar-refractivity contribution in [3.05, 3.63) is 41.3 Å².